The van der Waals surface area contributed by atoms with E-state index in [0.717, 1.165) is 0 Å². The van der Waals surface area contributed by atoms with Gasteiger partial charge in [-0.25, -0.2) is 0 Å². The van der Waals surface area contributed by atoms with Gasteiger partial charge in [-0.05, 0) is 0 Å². The second-order valence-electron chi connectivity index (χ2n) is 3.13. The molecule has 0 radical (unpaired) electrons. The van der Waals surface area contributed by atoms with Crippen LogP contribution in [-0.2, 0) is 14.3 Å². The highest BCUT2D eigenvalue weighted by Gasteiger charge is 2.48. The zero-order valence-electron chi connectivity index (χ0n) is 6.79. The summed E-state index contributed by atoms with van der Waals surface area (Å²) >= 11 is 0. The molecule has 0 saturated carbocycles. The fourth-order valence-corrected chi connectivity index (χ4v) is 1.69. The van der Waals surface area contributed by atoms with Gasteiger partial charge in [-0.1, -0.05) is 0 Å². The Morgan fingerprint density at radius 2 is 2.08 bits per heavy atom. The minimum atomic E-state index is -0.830. The van der Waals surface area contributed by atoms with Crippen LogP contribution in [0.25, 0.3) is 0 Å². The Balaban J connectivity index is 1.98. The van der Waals surface area contributed by atoms with E-state index in [1.807, 2.05) is 0 Å². The molecule has 2 heterocycles. The molecule has 13 heavy (non-hydrogen) atoms. The lowest BCUT2D eigenvalue weighted by Gasteiger charge is -2.13. The molecular formula is C6H10N2O5. The summed E-state index contributed by atoms with van der Waals surface area (Å²) in [4.78, 5) is 14.5. The van der Waals surface area contributed by atoms with Crippen LogP contribution in [0.4, 0.5) is 0 Å². The average molecular weight is 190 g/mol. The van der Waals surface area contributed by atoms with Crippen LogP contribution in [0, 0.1) is 10.1 Å². The first-order valence-electron chi connectivity index (χ1n) is 3.98. The molecular weight excluding hydrogens is 180 g/mol. The highest BCUT2D eigenvalue weighted by molar-refractivity contribution is 4.96. The smallest absolute Gasteiger partial charge is 0.294 e. The zero-order chi connectivity index (χ0) is 9.42. The van der Waals surface area contributed by atoms with Gasteiger partial charge >= 0.3 is 0 Å². The fourth-order valence-electron chi connectivity index (χ4n) is 1.69. The van der Waals surface area contributed by atoms with Crippen LogP contribution in [0.2, 0.25) is 0 Å². The Labute approximate surface area is 73.8 Å². The number of nitrogens with two attached hydrogens (primary N) is 1. The molecule has 0 amide bonds. The number of ether oxygens (including phenoxy) is 2. The van der Waals surface area contributed by atoms with Crippen LogP contribution in [-0.4, -0.2) is 42.7 Å². The highest BCUT2D eigenvalue weighted by atomic mass is 17.0. The van der Waals surface area contributed by atoms with E-state index in [0.29, 0.717) is 6.61 Å². The van der Waals surface area contributed by atoms with Crippen LogP contribution in [0.15, 0.2) is 0 Å². The Kier molecular flexibility index (Phi) is 2.06. The molecule has 74 valence electrons. The summed E-state index contributed by atoms with van der Waals surface area (Å²) in [5.74, 6) is 0. The maximum Gasteiger partial charge on any atom is 0.294 e. The molecule has 7 heteroatoms. The Morgan fingerprint density at radius 1 is 1.38 bits per heavy atom. The molecule has 2 fully saturated rings. The molecule has 2 rings (SSSR count). The van der Waals surface area contributed by atoms with Crippen LogP contribution in [0.1, 0.15) is 0 Å². The van der Waals surface area contributed by atoms with Crippen molar-refractivity contribution < 1.29 is 19.4 Å². The van der Waals surface area contributed by atoms with Crippen molar-refractivity contribution in [2.24, 2.45) is 5.73 Å². The maximum absolute atomic E-state index is 10.1. The van der Waals surface area contributed by atoms with E-state index in [1.54, 1.807) is 0 Å². The molecule has 1 unspecified atom stereocenters. The maximum atomic E-state index is 10.1. The molecule has 2 N–H and O–H groups in total. The van der Waals surface area contributed by atoms with Crippen LogP contribution in [0.3, 0.4) is 0 Å². The summed E-state index contributed by atoms with van der Waals surface area (Å²) in [6.07, 6.45) is -1.28. The Morgan fingerprint density at radius 3 is 2.77 bits per heavy atom. The van der Waals surface area contributed by atoms with Gasteiger partial charge in [0.15, 0.2) is 6.10 Å². The molecule has 2 aliphatic rings. The fraction of sp³-hybridized carbons (Fsp3) is 1.00. The third-order valence-corrected chi connectivity index (χ3v) is 2.27. The molecule has 4 atom stereocenters. The van der Waals surface area contributed by atoms with Gasteiger partial charge in [0, 0.05) is 0 Å². The van der Waals surface area contributed by atoms with Crippen molar-refractivity contribution >= 4 is 0 Å². The first kappa shape index (κ1) is 8.67. The van der Waals surface area contributed by atoms with Crippen molar-refractivity contribution in [1.82, 2.24) is 0 Å². The lowest BCUT2D eigenvalue weighted by Crippen LogP contribution is -2.37. The monoisotopic (exact) mass is 190 g/mol. The zero-order valence-corrected chi connectivity index (χ0v) is 6.79. The summed E-state index contributed by atoms with van der Waals surface area (Å²) in [5, 5.41) is 9.24. The van der Waals surface area contributed by atoms with Gasteiger partial charge in [0.05, 0.1) is 19.3 Å². The molecule has 0 spiro atoms. The average Bonchev–Trinajstić information content (AvgIpc) is 2.56. The predicted octanol–water partition coefficient (Wildman–Crippen LogP) is -1.31. The van der Waals surface area contributed by atoms with E-state index in [-0.39, 0.29) is 24.9 Å². The van der Waals surface area contributed by atoms with Gasteiger partial charge in [0.25, 0.3) is 5.09 Å². The molecule has 0 aromatic carbocycles. The van der Waals surface area contributed by atoms with Gasteiger partial charge < -0.3 is 20.0 Å². The minimum Gasteiger partial charge on any atom is -0.371 e. The first-order chi connectivity index (χ1) is 6.18. The van der Waals surface area contributed by atoms with Gasteiger partial charge in [-0.3, -0.25) is 0 Å². The largest absolute Gasteiger partial charge is 0.371 e. The van der Waals surface area contributed by atoms with Gasteiger partial charge in [-0.2, -0.15) is 0 Å². The standard InChI is InChI=1S/C6H10N2O5/c7-3-1-11-6-4(13-8(9)10)2-12-5(3)6/h3-6H,1-2,7H2/t3-,4?,5+,6+/m0/s1. The highest BCUT2D eigenvalue weighted by Crippen LogP contribution is 2.27. The topological polar surface area (TPSA) is 96.9 Å². The molecule has 2 saturated heterocycles. The van der Waals surface area contributed by atoms with Crippen molar-refractivity contribution in [2.75, 3.05) is 13.2 Å². The molecule has 7 nitrogen and oxygen atoms in total. The summed E-state index contributed by atoms with van der Waals surface area (Å²) in [6.45, 7) is 0.539. The minimum absolute atomic E-state index is 0.171. The Hall–Kier alpha value is -0.920. The number of nitrogens with zero attached hydrogens (tertiary/aromatic N) is 1. The summed E-state index contributed by atoms with van der Waals surface area (Å²) in [7, 11) is 0. The second kappa shape index (κ2) is 3.09. The van der Waals surface area contributed by atoms with Gasteiger partial charge in [0.1, 0.15) is 12.2 Å². The molecule has 2 aliphatic heterocycles. The molecule has 0 aliphatic carbocycles. The number of fused-ring (bicyclic) bond motifs is 1. The van der Waals surface area contributed by atoms with Crippen molar-refractivity contribution in [3.05, 3.63) is 10.1 Å². The van der Waals surface area contributed by atoms with Crippen molar-refractivity contribution in [2.45, 2.75) is 24.4 Å². The molecule has 0 bridgehead atoms. The van der Waals surface area contributed by atoms with E-state index in [2.05, 4.69) is 4.84 Å². The van der Waals surface area contributed by atoms with E-state index >= 15 is 0 Å². The lowest BCUT2D eigenvalue weighted by atomic mass is 10.1. The van der Waals surface area contributed by atoms with Crippen molar-refractivity contribution in [1.29, 1.82) is 0 Å². The van der Waals surface area contributed by atoms with Crippen LogP contribution >= 0.6 is 0 Å². The predicted molar refractivity (Wildman–Crippen MR) is 39.3 cm³/mol. The van der Waals surface area contributed by atoms with Crippen LogP contribution < -0.4 is 5.73 Å². The third-order valence-electron chi connectivity index (χ3n) is 2.27. The van der Waals surface area contributed by atoms with Crippen molar-refractivity contribution in [3.8, 4) is 0 Å². The Bertz CT molecular complexity index is 223. The molecule has 0 aromatic heterocycles. The van der Waals surface area contributed by atoms with E-state index in [4.69, 9.17) is 15.2 Å². The van der Waals surface area contributed by atoms with E-state index in [9.17, 15) is 10.1 Å². The van der Waals surface area contributed by atoms with Crippen molar-refractivity contribution in [3.63, 3.8) is 0 Å². The summed E-state index contributed by atoms with van der Waals surface area (Å²) in [6, 6.07) is -0.203. The normalized spacial score (nSPS) is 43.2. The third kappa shape index (κ3) is 1.45. The number of rotatable bonds is 2. The number of hydrogen-bond acceptors (Lipinski definition) is 6. The SMILES string of the molecule is N[C@H]1CO[C@@H]2C(O[N+](=O)[O-])CO[C@@H]21. The second-order valence-corrected chi connectivity index (χ2v) is 3.13. The quantitative estimate of drug-likeness (QED) is 0.429. The van der Waals surface area contributed by atoms with Gasteiger partial charge in [-0.15, -0.1) is 10.1 Å². The van der Waals surface area contributed by atoms with Crippen LogP contribution in [0.5, 0.6) is 0 Å². The number of hydrogen-bond donors (Lipinski definition) is 1. The van der Waals surface area contributed by atoms with E-state index < -0.39 is 11.2 Å². The van der Waals surface area contributed by atoms with E-state index in [1.165, 1.54) is 0 Å². The summed E-state index contributed by atoms with van der Waals surface area (Å²) in [5.41, 5.74) is 5.64. The first-order valence-corrected chi connectivity index (χ1v) is 3.98. The summed E-state index contributed by atoms with van der Waals surface area (Å²) < 4.78 is 10.4. The lowest BCUT2D eigenvalue weighted by molar-refractivity contribution is -0.769. The van der Waals surface area contributed by atoms with Gasteiger partial charge in [0.2, 0.25) is 0 Å². The molecule has 0 aromatic rings.